The van der Waals surface area contributed by atoms with Crippen molar-refractivity contribution in [2.24, 2.45) is 11.8 Å². The summed E-state index contributed by atoms with van der Waals surface area (Å²) in [6, 6.07) is 0.170. The maximum absolute atomic E-state index is 12.0. The highest BCUT2D eigenvalue weighted by Crippen LogP contribution is 2.30. The van der Waals surface area contributed by atoms with E-state index in [2.05, 4.69) is 19.2 Å². The molecule has 0 aliphatic heterocycles. The standard InChI is InChI=1S/C20H35NO4/c1-13(2)20(23)15-11-16(12-15)21-19(22)9-10-24-17-5-7-18(8-6-17)25-14(3)4/h13-18H,5-12H2,1-4H3,(H,21,22)/t15-,16+,17-,18-. The summed E-state index contributed by atoms with van der Waals surface area (Å²) in [5.41, 5.74) is 0. The third-order valence-corrected chi connectivity index (χ3v) is 5.24. The van der Waals surface area contributed by atoms with Gasteiger partial charge in [-0.3, -0.25) is 9.59 Å². The lowest BCUT2D eigenvalue weighted by Crippen LogP contribution is -2.47. The zero-order valence-electron chi connectivity index (χ0n) is 16.3. The van der Waals surface area contributed by atoms with Gasteiger partial charge in [0.25, 0.3) is 0 Å². The molecule has 2 fully saturated rings. The molecule has 0 aromatic carbocycles. The van der Waals surface area contributed by atoms with Crippen LogP contribution in [-0.2, 0) is 19.1 Å². The maximum atomic E-state index is 12.0. The smallest absolute Gasteiger partial charge is 0.222 e. The average molecular weight is 354 g/mol. The predicted molar refractivity (Wildman–Crippen MR) is 97.3 cm³/mol. The zero-order valence-corrected chi connectivity index (χ0v) is 16.3. The van der Waals surface area contributed by atoms with E-state index in [-0.39, 0.29) is 36.0 Å². The summed E-state index contributed by atoms with van der Waals surface area (Å²) < 4.78 is 11.7. The van der Waals surface area contributed by atoms with E-state index in [1.54, 1.807) is 0 Å². The number of carbonyl (C=O) groups is 2. The van der Waals surface area contributed by atoms with Crippen molar-refractivity contribution in [2.45, 2.75) is 97.0 Å². The Morgan fingerprint density at radius 1 is 1.00 bits per heavy atom. The van der Waals surface area contributed by atoms with Crippen molar-refractivity contribution in [3.63, 3.8) is 0 Å². The molecule has 0 spiro atoms. The van der Waals surface area contributed by atoms with Gasteiger partial charge in [0.05, 0.1) is 24.9 Å². The van der Waals surface area contributed by atoms with E-state index < -0.39 is 0 Å². The molecule has 0 saturated heterocycles. The molecule has 0 heterocycles. The molecule has 1 amide bonds. The van der Waals surface area contributed by atoms with E-state index in [4.69, 9.17) is 9.47 Å². The fourth-order valence-electron chi connectivity index (χ4n) is 3.78. The van der Waals surface area contributed by atoms with Crippen LogP contribution in [0.15, 0.2) is 0 Å². The molecule has 1 N–H and O–H groups in total. The number of hydrogen-bond acceptors (Lipinski definition) is 4. The Hall–Kier alpha value is -0.940. The first-order valence-corrected chi connectivity index (χ1v) is 9.95. The van der Waals surface area contributed by atoms with Gasteiger partial charge in [0, 0.05) is 24.3 Å². The molecule has 0 bridgehead atoms. The van der Waals surface area contributed by atoms with Gasteiger partial charge in [-0.05, 0) is 52.4 Å². The minimum Gasteiger partial charge on any atom is -0.378 e. The van der Waals surface area contributed by atoms with Crippen LogP contribution < -0.4 is 5.32 Å². The molecule has 2 rings (SSSR count). The number of Topliss-reactive ketones (excluding diaryl/α,β-unsaturated/α-hetero) is 1. The Bertz CT molecular complexity index is 435. The number of ketones is 1. The largest absolute Gasteiger partial charge is 0.378 e. The Morgan fingerprint density at radius 3 is 2.16 bits per heavy atom. The molecule has 0 atom stereocenters. The first kappa shape index (κ1) is 20.4. The summed E-state index contributed by atoms with van der Waals surface area (Å²) in [4.78, 5) is 23.8. The van der Waals surface area contributed by atoms with Gasteiger partial charge in [-0.2, -0.15) is 0 Å². The molecule has 2 aliphatic rings. The second-order valence-electron chi connectivity index (χ2n) is 8.19. The van der Waals surface area contributed by atoms with Gasteiger partial charge in [0.15, 0.2) is 0 Å². The highest BCUT2D eigenvalue weighted by molar-refractivity contribution is 5.84. The van der Waals surface area contributed by atoms with Crippen LogP contribution in [0.3, 0.4) is 0 Å². The van der Waals surface area contributed by atoms with Crippen molar-refractivity contribution in [3.8, 4) is 0 Å². The van der Waals surface area contributed by atoms with Crippen LogP contribution in [0.4, 0.5) is 0 Å². The van der Waals surface area contributed by atoms with Crippen LogP contribution in [0.2, 0.25) is 0 Å². The summed E-state index contributed by atoms with van der Waals surface area (Å²) in [5, 5.41) is 3.02. The second-order valence-corrected chi connectivity index (χ2v) is 8.19. The molecule has 0 radical (unpaired) electrons. The van der Waals surface area contributed by atoms with E-state index in [1.807, 2.05) is 13.8 Å². The summed E-state index contributed by atoms with van der Waals surface area (Å²) in [6.45, 7) is 8.50. The van der Waals surface area contributed by atoms with Gasteiger partial charge in [0.1, 0.15) is 5.78 Å². The summed E-state index contributed by atoms with van der Waals surface area (Å²) >= 11 is 0. The molecular formula is C20H35NO4. The lowest BCUT2D eigenvalue weighted by atomic mass is 9.75. The number of nitrogens with one attached hydrogen (secondary N) is 1. The molecule has 0 unspecified atom stereocenters. The third kappa shape index (κ3) is 6.70. The van der Waals surface area contributed by atoms with Gasteiger partial charge < -0.3 is 14.8 Å². The van der Waals surface area contributed by atoms with Gasteiger partial charge in [-0.15, -0.1) is 0 Å². The monoisotopic (exact) mass is 353 g/mol. The highest BCUT2D eigenvalue weighted by atomic mass is 16.5. The minimum atomic E-state index is 0.0391. The highest BCUT2D eigenvalue weighted by Gasteiger charge is 2.35. The van der Waals surface area contributed by atoms with Crippen LogP contribution in [0.25, 0.3) is 0 Å². The maximum Gasteiger partial charge on any atom is 0.222 e. The molecule has 144 valence electrons. The van der Waals surface area contributed by atoms with Gasteiger partial charge in [-0.25, -0.2) is 0 Å². The molecule has 0 aromatic heterocycles. The van der Waals surface area contributed by atoms with Crippen LogP contribution >= 0.6 is 0 Å². The summed E-state index contributed by atoms with van der Waals surface area (Å²) in [6.07, 6.45) is 7.02. The zero-order chi connectivity index (χ0) is 18.4. The summed E-state index contributed by atoms with van der Waals surface area (Å²) in [5.74, 6) is 0.601. The first-order chi connectivity index (χ1) is 11.8. The number of amides is 1. The van der Waals surface area contributed by atoms with Crippen LogP contribution in [0.5, 0.6) is 0 Å². The van der Waals surface area contributed by atoms with Crippen LogP contribution in [0.1, 0.15) is 72.6 Å². The van der Waals surface area contributed by atoms with Crippen molar-refractivity contribution in [3.05, 3.63) is 0 Å². The minimum absolute atomic E-state index is 0.0391. The van der Waals surface area contributed by atoms with Crippen molar-refractivity contribution in [1.82, 2.24) is 5.32 Å². The third-order valence-electron chi connectivity index (χ3n) is 5.24. The topological polar surface area (TPSA) is 64.6 Å². The summed E-state index contributed by atoms with van der Waals surface area (Å²) in [7, 11) is 0. The number of rotatable bonds is 9. The first-order valence-electron chi connectivity index (χ1n) is 9.95. The number of ether oxygens (including phenoxy) is 2. The lowest BCUT2D eigenvalue weighted by Gasteiger charge is -2.35. The molecular weight excluding hydrogens is 318 g/mol. The molecule has 2 saturated carbocycles. The average Bonchev–Trinajstić information content (AvgIpc) is 2.51. The number of carbonyl (C=O) groups excluding carboxylic acids is 2. The second kappa shape index (κ2) is 9.67. The molecule has 25 heavy (non-hydrogen) atoms. The molecule has 5 nitrogen and oxygen atoms in total. The predicted octanol–water partition coefficient (Wildman–Crippen LogP) is 3.25. The van der Waals surface area contributed by atoms with Gasteiger partial charge in [0.2, 0.25) is 5.91 Å². The lowest BCUT2D eigenvalue weighted by molar-refractivity contribution is -0.131. The van der Waals surface area contributed by atoms with E-state index in [9.17, 15) is 9.59 Å². The Labute approximate surface area is 152 Å². The van der Waals surface area contributed by atoms with E-state index >= 15 is 0 Å². The molecule has 2 aliphatic carbocycles. The molecule has 0 aromatic rings. The van der Waals surface area contributed by atoms with Gasteiger partial charge in [-0.1, -0.05) is 13.8 Å². The van der Waals surface area contributed by atoms with Crippen LogP contribution in [0, 0.1) is 11.8 Å². The van der Waals surface area contributed by atoms with Crippen molar-refractivity contribution >= 4 is 11.7 Å². The van der Waals surface area contributed by atoms with Crippen molar-refractivity contribution in [1.29, 1.82) is 0 Å². The van der Waals surface area contributed by atoms with E-state index in [0.29, 0.717) is 24.9 Å². The number of hydrogen-bond donors (Lipinski definition) is 1. The Morgan fingerprint density at radius 2 is 1.60 bits per heavy atom. The fraction of sp³-hybridized carbons (Fsp3) is 0.900. The normalized spacial score (nSPS) is 29.5. The van der Waals surface area contributed by atoms with E-state index in [1.165, 1.54) is 0 Å². The van der Waals surface area contributed by atoms with Gasteiger partial charge >= 0.3 is 0 Å². The van der Waals surface area contributed by atoms with Crippen LogP contribution in [-0.4, -0.2) is 42.7 Å². The Balaban J connectivity index is 1.52. The quantitative estimate of drug-likeness (QED) is 0.691. The Kier molecular flexibility index (Phi) is 7.88. The van der Waals surface area contributed by atoms with Crippen molar-refractivity contribution < 1.29 is 19.1 Å². The van der Waals surface area contributed by atoms with E-state index in [0.717, 1.165) is 38.5 Å². The SMILES string of the molecule is CC(C)O[C@H]1CC[C@H](OCCC(=O)N[C@H]2C[C@@H](C(=O)C(C)C)C2)CC1. The fourth-order valence-corrected chi connectivity index (χ4v) is 3.78. The van der Waals surface area contributed by atoms with Crippen molar-refractivity contribution in [2.75, 3.05) is 6.61 Å². The molecule has 5 heteroatoms.